The van der Waals surface area contributed by atoms with E-state index in [4.69, 9.17) is 9.15 Å². The van der Waals surface area contributed by atoms with Crippen LogP contribution in [-0.4, -0.2) is 31.2 Å². The van der Waals surface area contributed by atoms with Crippen LogP contribution in [0.4, 0.5) is 0 Å². The van der Waals surface area contributed by atoms with Crippen LogP contribution in [0.5, 0.6) is 0 Å². The lowest BCUT2D eigenvalue weighted by Gasteiger charge is -2.44. The number of ether oxygens (including phenoxy) is 1. The summed E-state index contributed by atoms with van der Waals surface area (Å²) in [6.45, 7) is 7.44. The lowest BCUT2D eigenvalue weighted by molar-refractivity contribution is -0.0226. The molecule has 22 heavy (non-hydrogen) atoms. The second-order valence-electron chi connectivity index (χ2n) is 7.03. The van der Waals surface area contributed by atoms with Crippen molar-refractivity contribution in [1.29, 1.82) is 0 Å². The molecule has 2 aliphatic rings. The number of likely N-dealkylation sites (tertiary alicyclic amines) is 1. The smallest absolute Gasteiger partial charge is 0.134 e. The lowest BCUT2D eigenvalue weighted by Crippen LogP contribution is -2.42. The van der Waals surface area contributed by atoms with E-state index in [9.17, 15) is 0 Å². The molecule has 3 heterocycles. The number of fused-ring (bicyclic) bond motifs is 1. The van der Waals surface area contributed by atoms with Crippen molar-refractivity contribution in [2.45, 2.75) is 39.2 Å². The molecule has 1 aromatic heterocycles. The molecule has 0 aliphatic carbocycles. The van der Waals surface area contributed by atoms with Gasteiger partial charge < -0.3 is 9.15 Å². The van der Waals surface area contributed by atoms with Crippen molar-refractivity contribution in [2.75, 3.05) is 26.3 Å². The van der Waals surface area contributed by atoms with Gasteiger partial charge in [-0.3, -0.25) is 4.90 Å². The molecular formula is C19H25NO2. The topological polar surface area (TPSA) is 25.6 Å². The molecule has 118 valence electrons. The third-order valence-corrected chi connectivity index (χ3v) is 5.78. The minimum Gasteiger partial charge on any atom is -0.459 e. The number of nitrogens with zero attached hydrogens (tertiary/aromatic N) is 1. The maximum atomic E-state index is 6.08. The van der Waals surface area contributed by atoms with Gasteiger partial charge in [0.2, 0.25) is 0 Å². The van der Waals surface area contributed by atoms with E-state index in [-0.39, 0.29) is 0 Å². The molecule has 1 spiro atoms. The van der Waals surface area contributed by atoms with Crippen molar-refractivity contribution in [3.8, 4) is 0 Å². The molecule has 2 aliphatic heterocycles. The van der Waals surface area contributed by atoms with Gasteiger partial charge in [-0.2, -0.15) is 0 Å². The van der Waals surface area contributed by atoms with E-state index in [2.05, 4.69) is 30.0 Å². The second kappa shape index (κ2) is 5.71. The van der Waals surface area contributed by atoms with Gasteiger partial charge in [0.25, 0.3) is 0 Å². The molecule has 2 fully saturated rings. The van der Waals surface area contributed by atoms with E-state index >= 15 is 0 Å². The van der Waals surface area contributed by atoms with Gasteiger partial charge in [-0.05, 0) is 62.7 Å². The van der Waals surface area contributed by atoms with Crippen LogP contribution in [0, 0.1) is 12.3 Å². The summed E-state index contributed by atoms with van der Waals surface area (Å²) in [6, 6.07) is 8.36. The van der Waals surface area contributed by atoms with Gasteiger partial charge in [0.15, 0.2) is 0 Å². The third kappa shape index (κ3) is 2.57. The first-order valence-electron chi connectivity index (χ1n) is 8.53. The highest BCUT2D eigenvalue weighted by molar-refractivity contribution is 5.81. The number of aryl methyl sites for hydroxylation is 1. The Morgan fingerprint density at radius 3 is 2.50 bits per heavy atom. The fourth-order valence-electron chi connectivity index (χ4n) is 4.07. The average molecular weight is 299 g/mol. The number of rotatable bonds is 2. The Labute approximate surface area is 132 Å². The van der Waals surface area contributed by atoms with Crippen molar-refractivity contribution in [3.05, 3.63) is 35.6 Å². The second-order valence-corrected chi connectivity index (χ2v) is 7.03. The molecule has 2 saturated heterocycles. The van der Waals surface area contributed by atoms with Crippen molar-refractivity contribution >= 4 is 11.0 Å². The van der Waals surface area contributed by atoms with Crippen LogP contribution in [0.3, 0.4) is 0 Å². The predicted molar refractivity (Wildman–Crippen MR) is 87.9 cm³/mol. The Bertz CT molecular complexity index is 644. The maximum Gasteiger partial charge on any atom is 0.134 e. The van der Waals surface area contributed by atoms with Crippen LogP contribution >= 0.6 is 0 Å². The predicted octanol–water partition coefficient (Wildman–Crippen LogP) is 4.13. The molecule has 0 bridgehead atoms. The van der Waals surface area contributed by atoms with Gasteiger partial charge in [-0.15, -0.1) is 0 Å². The minimum absolute atomic E-state index is 0.567. The van der Waals surface area contributed by atoms with E-state index in [1.54, 1.807) is 0 Å². The summed E-state index contributed by atoms with van der Waals surface area (Å²) < 4.78 is 11.6. The van der Waals surface area contributed by atoms with E-state index in [0.29, 0.717) is 5.41 Å². The van der Waals surface area contributed by atoms with Crippen LogP contribution in [0.25, 0.3) is 11.0 Å². The first-order valence-corrected chi connectivity index (χ1v) is 8.53. The van der Waals surface area contributed by atoms with E-state index in [1.807, 2.05) is 6.07 Å². The molecular weight excluding hydrogens is 274 g/mol. The van der Waals surface area contributed by atoms with Crippen molar-refractivity contribution in [1.82, 2.24) is 4.90 Å². The van der Waals surface area contributed by atoms with Gasteiger partial charge >= 0.3 is 0 Å². The number of hydrogen-bond donors (Lipinski definition) is 0. The zero-order chi connectivity index (χ0) is 15.0. The number of furan rings is 1. The SMILES string of the molecule is Cc1c(CN2CCC3(CCOCC3)CC2)oc2ccccc12. The standard InChI is InChI=1S/C19H25NO2/c1-15-16-4-2-3-5-17(16)22-18(15)14-20-10-6-19(7-11-20)8-12-21-13-9-19/h2-5H,6-14H2,1H3. The van der Waals surface area contributed by atoms with Crippen LogP contribution in [-0.2, 0) is 11.3 Å². The number of benzene rings is 1. The summed E-state index contributed by atoms with van der Waals surface area (Å²) in [5.74, 6) is 1.14. The van der Waals surface area contributed by atoms with Gasteiger partial charge in [0.05, 0.1) is 6.54 Å². The molecule has 3 nitrogen and oxygen atoms in total. The fraction of sp³-hybridized carbons (Fsp3) is 0.579. The molecule has 0 unspecified atom stereocenters. The molecule has 2 aromatic rings. The quantitative estimate of drug-likeness (QED) is 0.833. The molecule has 0 atom stereocenters. The summed E-state index contributed by atoms with van der Waals surface area (Å²) in [7, 11) is 0. The first kappa shape index (κ1) is 14.3. The normalized spacial score (nSPS) is 22.4. The van der Waals surface area contributed by atoms with Crippen LogP contribution < -0.4 is 0 Å². The number of hydrogen-bond acceptors (Lipinski definition) is 3. The monoisotopic (exact) mass is 299 g/mol. The third-order valence-electron chi connectivity index (χ3n) is 5.78. The van der Waals surface area contributed by atoms with Crippen LogP contribution in [0.1, 0.15) is 37.0 Å². The zero-order valence-corrected chi connectivity index (χ0v) is 13.4. The van der Waals surface area contributed by atoms with E-state index in [0.717, 1.165) is 31.1 Å². The Kier molecular flexibility index (Phi) is 3.71. The summed E-state index contributed by atoms with van der Waals surface area (Å²) in [5.41, 5.74) is 2.90. The summed E-state index contributed by atoms with van der Waals surface area (Å²) in [6.07, 6.45) is 5.14. The highest BCUT2D eigenvalue weighted by Crippen LogP contribution is 2.41. The van der Waals surface area contributed by atoms with Crippen LogP contribution in [0.2, 0.25) is 0 Å². The van der Waals surface area contributed by atoms with Gasteiger partial charge in [0.1, 0.15) is 11.3 Å². The maximum absolute atomic E-state index is 6.08. The summed E-state index contributed by atoms with van der Waals surface area (Å²) in [5, 5.41) is 1.26. The molecule has 3 heteroatoms. The minimum atomic E-state index is 0.567. The highest BCUT2D eigenvalue weighted by atomic mass is 16.5. The molecule has 0 amide bonds. The van der Waals surface area contributed by atoms with Gasteiger partial charge in [-0.25, -0.2) is 0 Å². The molecule has 0 saturated carbocycles. The lowest BCUT2D eigenvalue weighted by atomic mass is 9.72. The molecule has 0 N–H and O–H groups in total. The highest BCUT2D eigenvalue weighted by Gasteiger charge is 2.36. The van der Waals surface area contributed by atoms with Crippen molar-refractivity contribution < 1.29 is 9.15 Å². The largest absolute Gasteiger partial charge is 0.459 e. The van der Waals surface area contributed by atoms with E-state index in [1.165, 1.54) is 49.7 Å². The Morgan fingerprint density at radius 2 is 1.77 bits per heavy atom. The number of piperidine rings is 1. The van der Waals surface area contributed by atoms with Gasteiger partial charge in [-0.1, -0.05) is 18.2 Å². The molecule has 1 aromatic carbocycles. The average Bonchev–Trinajstić information content (AvgIpc) is 2.87. The Morgan fingerprint density at radius 1 is 1.05 bits per heavy atom. The zero-order valence-electron chi connectivity index (χ0n) is 13.4. The number of para-hydroxylation sites is 1. The van der Waals surface area contributed by atoms with E-state index < -0.39 is 0 Å². The Hall–Kier alpha value is -1.32. The summed E-state index contributed by atoms with van der Waals surface area (Å²) in [4.78, 5) is 2.56. The summed E-state index contributed by atoms with van der Waals surface area (Å²) >= 11 is 0. The molecule has 0 radical (unpaired) electrons. The van der Waals surface area contributed by atoms with Crippen molar-refractivity contribution in [2.24, 2.45) is 5.41 Å². The Balaban J connectivity index is 1.44. The first-order chi connectivity index (χ1) is 10.8. The fourth-order valence-corrected chi connectivity index (χ4v) is 4.07. The van der Waals surface area contributed by atoms with Crippen molar-refractivity contribution in [3.63, 3.8) is 0 Å². The molecule has 4 rings (SSSR count). The van der Waals surface area contributed by atoms with Gasteiger partial charge in [0, 0.05) is 18.6 Å². The van der Waals surface area contributed by atoms with Crippen LogP contribution in [0.15, 0.2) is 28.7 Å².